The number of hydrogen-bond donors (Lipinski definition) is 1. The SMILES string of the molecule is COc1cc(N)cc(N(C)Cc2cccc(C#N)c2)c1. The van der Waals surface area contributed by atoms with Crippen LogP contribution in [0, 0.1) is 11.3 Å². The molecule has 0 fully saturated rings. The van der Waals surface area contributed by atoms with E-state index in [1.54, 1.807) is 19.2 Å². The molecular weight excluding hydrogens is 250 g/mol. The van der Waals surface area contributed by atoms with Gasteiger partial charge < -0.3 is 15.4 Å². The number of nitrogen functional groups attached to an aromatic ring is 1. The van der Waals surface area contributed by atoms with E-state index < -0.39 is 0 Å². The van der Waals surface area contributed by atoms with E-state index >= 15 is 0 Å². The zero-order chi connectivity index (χ0) is 14.5. The van der Waals surface area contributed by atoms with Gasteiger partial charge in [0, 0.05) is 37.1 Å². The van der Waals surface area contributed by atoms with Gasteiger partial charge in [0.1, 0.15) is 5.75 Å². The van der Waals surface area contributed by atoms with E-state index in [9.17, 15) is 0 Å². The van der Waals surface area contributed by atoms with Gasteiger partial charge in [0.2, 0.25) is 0 Å². The molecule has 0 aliphatic heterocycles. The highest BCUT2D eigenvalue weighted by molar-refractivity contribution is 5.60. The van der Waals surface area contributed by atoms with Crippen LogP contribution in [0.15, 0.2) is 42.5 Å². The fraction of sp³-hybridized carbons (Fsp3) is 0.188. The van der Waals surface area contributed by atoms with Crippen LogP contribution in [-0.4, -0.2) is 14.2 Å². The number of hydrogen-bond acceptors (Lipinski definition) is 4. The lowest BCUT2D eigenvalue weighted by atomic mass is 10.1. The number of nitrogens with two attached hydrogens (primary N) is 1. The monoisotopic (exact) mass is 267 g/mol. The van der Waals surface area contributed by atoms with Gasteiger partial charge in [-0.25, -0.2) is 0 Å². The smallest absolute Gasteiger partial charge is 0.122 e. The molecule has 2 N–H and O–H groups in total. The number of ether oxygens (including phenoxy) is 1. The van der Waals surface area contributed by atoms with Crippen LogP contribution in [0.1, 0.15) is 11.1 Å². The summed E-state index contributed by atoms with van der Waals surface area (Å²) in [7, 11) is 3.60. The fourth-order valence-electron chi connectivity index (χ4n) is 2.05. The van der Waals surface area contributed by atoms with Crippen LogP contribution in [0.2, 0.25) is 0 Å². The van der Waals surface area contributed by atoms with Crippen molar-refractivity contribution in [3.63, 3.8) is 0 Å². The number of rotatable bonds is 4. The summed E-state index contributed by atoms with van der Waals surface area (Å²) in [6.07, 6.45) is 0. The molecule has 0 unspecified atom stereocenters. The molecule has 102 valence electrons. The molecule has 4 nitrogen and oxygen atoms in total. The Balaban J connectivity index is 2.21. The molecule has 0 saturated carbocycles. The summed E-state index contributed by atoms with van der Waals surface area (Å²) < 4.78 is 5.22. The van der Waals surface area contributed by atoms with Gasteiger partial charge in [-0.15, -0.1) is 0 Å². The molecule has 2 aromatic carbocycles. The van der Waals surface area contributed by atoms with Gasteiger partial charge in [0.05, 0.1) is 18.7 Å². The Labute approximate surface area is 119 Å². The molecule has 0 bridgehead atoms. The van der Waals surface area contributed by atoms with E-state index in [0.29, 0.717) is 17.8 Å². The maximum Gasteiger partial charge on any atom is 0.122 e. The highest BCUT2D eigenvalue weighted by Gasteiger charge is 2.06. The molecule has 0 atom stereocenters. The summed E-state index contributed by atoms with van der Waals surface area (Å²) >= 11 is 0. The Kier molecular flexibility index (Phi) is 4.11. The number of nitrogens with zero attached hydrogens (tertiary/aromatic N) is 2. The lowest BCUT2D eigenvalue weighted by Crippen LogP contribution is -2.16. The Morgan fingerprint density at radius 2 is 2.05 bits per heavy atom. The maximum absolute atomic E-state index is 8.92. The summed E-state index contributed by atoms with van der Waals surface area (Å²) in [6.45, 7) is 0.697. The second kappa shape index (κ2) is 5.98. The molecule has 2 aromatic rings. The standard InChI is InChI=1S/C16H17N3O/c1-19(11-13-5-3-4-12(6-13)10-17)15-7-14(18)8-16(9-15)20-2/h3-9H,11,18H2,1-2H3. The molecule has 0 saturated heterocycles. The van der Waals surface area contributed by atoms with E-state index in [2.05, 4.69) is 11.0 Å². The average Bonchev–Trinajstić information content (AvgIpc) is 2.46. The van der Waals surface area contributed by atoms with Crippen LogP contribution in [0.4, 0.5) is 11.4 Å². The fourth-order valence-corrected chi connectivity index (χ4v) is 2.05. The lowest BCUT2D eigenvalue weighted by Gasteiger charge is -2.20. The van der Waals surface area contributed by atoms with Crippen molar-refractivity contribution in [2.24, 2.45) is 0 Å². The van der Waals surface area contributed by atoms with Crippen molar-refractivity contribution < 1.29 is 4.74 Å². The zero-order valence-corrected chi connectivity index (χ0v) is 11.6. The van der Waals surface area contributed by atoms with Crippen molar-refractivity contribution >= 4 is 11.4 Å². The normalized spacial score (nSPS) is 9.85. The van der Waals surface area contributed by atoms with E-state index in [-0.39, 0.29) is 0 Å². The van der Waals surface area contributed by atoms with Crippen molar-refractivity contribution in [3.8, 4) is 11.8 Å². The summed E-state index contributed by atoms with van der Waals surface area (Å²) in [4.78, 5) is 2.06. The molecule has 0 aliphatic carbocycles. The molecule has 0 radical (unpaired) electrons. The van der Waals surface area contributed by atoms with Crippen molar-refractivity contribution in [1.29, 1.82) is 5.26 Å². The Morgan fingerprint density at radius 1 is 1.25 bits per heavy atom. The highest BCUT2D eigenvalue weighted by Crippen LogP contribution is 2.25. The molecule has 4 heteroatoms. The van der Waals surface area contributed by atoms with Gasteiger partial charge in [0.25, 0.3) is 0 Å². The van der Waals surface area contributed by atoms with E-state index in [0.717, 1.165) is 17.0 Å². The molecule has 0 spiro atoms. The van der Waals surface area contributed by atoms with Crippen LogP contribution >= 0.6 is 0 Å². The second-order valence-corrected chi connectivity index (χ2v) is 4.63. The van der Waals surface area contributed by atoms with Crippen molar-refractivity contribution in [1.82, 2.24) is 0 Å². The van der Waals surface area contributed by atoms with Gasteiger partial charge in [-0.05, 0) is 23.8 Å². The van der Waals surface area contributed by atoms with Crippen molar-refractivity contribution in [3.05, 3.63) is 53.6 Å². The molecule has 20 heavy (non-hydrogen) atoms. The van der Waals surface area contributed by atoms with Crippen LogP contribution in [0.3, 0.4) is 0 Å². The predicted octanol–water partition coefficient (Wildman–Crippen LogP) is 2.79. The molecule has 0 amide bonds. The van der Waals surface area contributed by atoms with Crippen molar-refractivity contribution in [2.45, 2.75) is 6.54 Å². The number of benzene rings is 2. The first-order valence-electron chi connectivity index (χ1n) is 6.27. The summed E-state index contributed by atoms with van der Waals surface area (Å²) in [5, 5.41) is 8.92. The third kappa shape index (κ3) is 3.21. The highest BCUT2D eigenvalue weighted by atomic mass is 16.5. The van der Waals surface area contributed by atoms with Gasteiger partial charge in [0.15, 0.2) is 0 Å². The van der Waals surface area contributed by atoms with Crippen LogP contribution in [0.5, 0.6) is 5.75 Å². The van der Waals surface area contributed by atoms with E-state index in [1.807, 2.05) is 37.4 Å². The third-order valence-corrected chi connectivity index (χ3v) is 3.07. The summed E-state index contributed by atoms with van der Waals surface area (Å²) in [5.74, 6) is 0.734. The minimum atomic E-state index is 0.664. The van der Waals surface area contributed by atoms with Crippen LogP contribution < -0.4 is 15.4 Å². The molecule has 2 rings (SSSR count). The zero-order valence-electron chi connectivity index (χ0n) is 11.6. The summed E-state index contributed by atoms with van der Waals surface area (Å²) in [6, 6.07) is 15.3. The second-order valence-electron chi connectivity index (χ2n) is 4.63. The first kappa shape index (κ1) is 13.8. The van der Waals surface area contributed by atoms with Crippen LogP contribution in [0.25, 0.3) is 0 Å². The molecule has 0 aromatic heterocycles. The first-order chi connectivity index (χ1) is 9.62. The Hall–Kier alpha value is -2.67. The first-order valence-corrected chi connectivity index (χ1v) is 6.27. The summed E-state index contributed by atoms with van der Waals surface area (Å²) in [5.41, 5.74) is 9.25. The predicted molar refractivity (Wildman–Crippen MR) is 80.7 cm³/mol. The quantitative estimate of drug-likeness (QED) is 0.865. The largest absolute Gasteiger partial charge is 0.497 e. The molecule has 0 heterocycles. The average molecular weight is 267 g/mol. The van der Waals surface area contributed by atoms with Crippen molar-refractivity contribution in [2.75, 3.05) is 24.8 Å². The maximum atomic E-state index is 8.92. The van der Waals surface area contributed by atoms with E-state index in [4.69, 9.17) is 15.7 Å². The number of anilines is 2. The van der Waals surface area contributed by atoms with Gasteiger partial charge in [-0.1, -0.05) is 12.1 Å². The Bertz CT molecular complexity index is 646. The molecule has 0 aliphatic rings. The van der Waals surface area contributed by atoms with E-state index in [1.165, 1.54) is 0 Å². The third-order valence-electron chi connectivity index (χ3n) is 3.07. The molecular formula is C16H17N3O. The number of methoxy groups -OCH3 is 1. The minimum Gasteiger partial charge on any atom is -0.497 e. The Morgan fingerprint density at radius 3 is 2.75 bits per heavy atom. The number of nitriles is 1. The minimum absolute atomic E-state index is 0.664. The van der Waals surface area contributed by atoms with Crippen LogP contribution in [-0.2, 0) is 6.54 Å². The topological polar surface area (TPSA) is 62.3 Å². The van der Waals surface area contributed by atoms with Gasteiger partial charge in [-0.3, -0.25) is 0 Å². The van der Waals surface area contributed by atoms with Gasteiger partial charge >= 0.3 is 0 Å². The van der Waals surface area contributed by atoms with Gasteiger partial charge in [-0.2, -0.15) is 5.26 Å². The lowest BCUT2D eigenvalue weighted by molar-refractivity contribution is 0.415.